The molecule has 0 saturated heterocycles. The summed E-state index contributed by atoms with van der Waals surface area (Å²) in [6.45, 7) is 3.16. The van der Waals surface area contributed by atoms with Crippen LogP contribution in [0.2, 0.25) is 0 Å². The van der Waals surface area contributed by atoms with Gasteiger partial charge in [-0.15, -0.1) is 0 Å². The van der Waals surface area contributed by atoms with Crippen LogP contribution in [0.3, 0.4) is 0 Å². The predicted octanol–water partition coefficient (Wildman–Crippen LogP) is 2.11. The van der Waals surface area contributed by atoms with E-state index < -0.39 is 34.6 Å². The van der Waals surface area contributed by atoms with Gasteiger partial charge in [-0.25, -0.2) is 22.8 Å². The molecule has 0 unspecified atom stereocenters. The van der Waals surface area contributed by atoms with Crippen molar-refractivity contribution in [3.8, 4) is 0 Å². The number of esters is 2. The van der Waals surface area contributed by atoms with Crippen LogP contribution in [0.5, 0.6) is 0 Å². The van der Waals surface area contributed by atoms with Crippen molar-refractivity contribution in [1.82, 2.24) is 10.6 Å². The Morgan fingerprint density at radius 2 is 1.86 bits per heavy atom. The molecule has 2 aromatic carbocycles. The van der Waals surface area contributed by atoms with Crippen molar-refractivity contribution < 1.29 is 32.3 Å². The highest BCUT2D eigenvalue weighted by Gasteiger charge is 2.36. The number of urea groups is 1. The largest absolute Gasteiger partial charge is 0.463 e. The number of para-hydroxylation sites is 1. The molecule has 11 heteroatoms. The molecule has 10 nitrogen and oxygen atoms in total. The summed E-state index contributed by atoms with van der Waals surface area (Å²) in [4.78, 5) is 36.5. The van der Waals surface area contributed by atoms with Crippen LogP contribution < -0.4 is 14.9 Å². The van der Waals surface area contributed by atoms with Gasteiger partial charge in [0.25, 0.3) is 10.0 Å². The molecule has 0 bridgehead atoms. The second-order valence-corrected chi connectivity index (χ2v) is 9.89. The highest BCUT2D eigenvalue weighted by Crippen LogP contribution is 2.36. The highest BCUT2D eigenvalue weighted by molar-refractivity contribution is 7.92. The van der Waals surface area contributed by atoms with E-state index in [0.29, 0.717) is 12.1 Å². The zero-order valence-corrected chi connectivity index (χ0v) is 20.1. The van der Waals surface area contributed by atoms with E-state index in [-0.39, 0.29) is 40.9 Å². The molecule has 2 amide bonds. The summed E-state index contributed by atoms with van der Waals surface area (Å²) in [5.74, 6) is -1.44. The minimum absolute atomic E-state index is 0.0183. The first-order valence-electron chi connectivity index (χ1n) is 11.1. The van der Waals surface area contributed by atoms with Crippen molar-refractivity contribution in [2.24, 2.45) is 0 Å². The Balaban J connectivity index is 1.55. The summed E-state index contributed by atoms with van der Waals surface area (Å²) in [5.41, 5.74) is 1.82. The zero-order valence-electron chi connectivity index (χ0n) is 19.2. The Morgan fingerprint density at radius 3 is 2.63 bits per heavy atom. The Hall–Kier alpha value is -3.86. The molecule has 2 N–H and O–H groups in total. The molecule has 184 valence electrons. The number of rotatable bonds is 7. The summed E-state index contributed by atoms with van der Waals surface area (Å²) < 4.78 is 38.6. The first kappa shape index (κ1) is 24.3. The summed E-state index contributed by atoms with van der Waals surface area (Å²) in [7, 11) is -3.94. The van der Waals surface area contributed by atoms with E-state index in [4.69, 9.17) is 9.47 Å². The van der Waals surface area contributed by atoms with Gasteiger partial charge in [-0.2, -0.15) is 0 Å². The SMILES string of the molecule is CCOC(=O)C1=C(COC(=O)c2cccc(S(=O)(=O)N3c4ccccc4C[C@H]3C)c2)NC(=O)NC1. The summed E-state index contributed by atoms with van der Waals surface area (Å²) in [6.07, 6.45) is 0.593. The number of anilines is 1. The van der Waals surface area contributed by atoms with E-state index in [1.165, 1.54) is 28.6 Å². The normalized spacial score (nSPS) is 17.4. The number of hydrogen-bond acceptors (Lipinski definition) is 7. The smallest absolute Gasteiger partial charge is 0.338 e. The van der Waals surface area contributed by atoms with E-state index in [0.717, 1.165) is 5.56 Å². The number of hydrogen-bond donors (Lipinski definition) is 2. The van der Waals surface area contributed by atoms with Gasteiger partial charge in [-0.05, 0) is 50.1 Å². The summed E-state index contributed by atoms with van der Waals surface area (Å²) >= 11 is 0. The fourth-order valence-corrected chi connectivity index (χ4v) is 5.83. The minimum atomic E-state index is -3.94. The number of nitrogens with one attached hydrogen (secondary N) is 2. The number of nitrogens with zero attached hydrogens (tertiary/aromatic N) is 1. The van der Waals surface area contributed by atoms with Gasteiger partial charge in [0, 0.05) is 6.04 Å². The maximum atomic E-state index is 13.5. The molecule has 0 saturated carbocycles. The molecule has 1 atom stereocenters. The van der Waals surface area contributed by atoms with Crippen LogP contribution in [-0.4, -0.2) is 52.2 Å². The molecule has 0 aromatic heterocycles. The van der Waals surface area contributed by atoms with Gasteiger partial charge in [0.05, 0.1) is 40.6 Å². The van der Waals surface area contributed by atoms with Gasteiger partial charge in [-0.1, -0.05) is 24.3 Å². The van der Waals surface area contributed by atoms with E-state index in [1.807, 2.05) is 19.1 Å². The van der Waals surface area contributed by atoms with Crippen molar-refractivity contribution in [3.63, 3.8) is 0 Å². The number of carbonyl (C=O) groups excluding carboxylic acids is 3. The maximum absolute atomic E-state index is 13.5. The van der Waals surface area contributed by atoms with Crippen molar-refractivity contribution in [1.29, 1.82) is 0 Å². The molecule has 2 aliphatic heterocycles. The van der Waals surface area contributed by atoms with Crippen LogP contribution >= 0.6 is 0 Å². The monoisotopic (exact) mass is 499 g/mol. The number of fused-ring (bicyclic) bond motifs is 1. The van der Waals surface area contributed by atoms with Crippen molar-refractivity contribution in [2.45, 2.75) is 31.2 Å². The third-order valence-electron chi connectivity index (χ3n) is 5.70. The maximum Gasteiger partial charge on any atom is 0.338 e. The average Bonchev–Trinajstić information content (AvgIpc) is 3.19. The van der Waals surface area contributed by atoms with Crippen molar-refractivity contribution in [2.75, 3.05) is 24.1 Å². The molecular formula is C24H25N3O7S. The second-order valence-electron chi connectivity index (χ2n) is 8.07. The van der Waals surface area contributed by atoms with E-state index in [2.05, 4.69) is 10.6 Å². The number of benzene rings is 2. The van der Waals surface area contributed by atoms with Gasteiger partial charge in [0.15, 0.2) is 0 Å². The van der Waals surface area contributed by atoms with Gasteiger partial charge < -0.3 is 20.1 Å². The van der Waals surface area contributed by atoms with Crippen molar-refractivity contribution >= 4 is 33.7 Å². The molecule has 2 aliphatic rings. The fourth-order valence-electron chi connectivity index (χ4n) is 4.09. The average molecular weight is 500 g/mol. The molecule has 0 radical (unpaired) electrons. The van der Waals surface area contributed by atoms with Crippen molar-refractivity contribution in [3.05, 3.63) is 70.9 Å². The number of carbonyl (C=O) groups is 3. The molecule has 4 rings (SSSR count). The van der Waals surface area contributed by atoms with Gasteiger partial charge in [-0.3, -0.25) is 4.31 Å². The number of sulfonamides is 1. The Bertz CT molecular complexity index is 1320. The first-order chi connectivity index (χ1) is 16.7. The minimum Gasteiger partial charge on any atom is -0.463 e. The standard InChI is InChI=1S/C24H25N3O7S/c1-3-33-23(29)19-13-25-24(30)26-20(19)14-34-22(28)17-8-6-9-18(12-17)35(31,32)27-15(2)11-16-7-4-5-10-21(16)27/h4-10,12,15H,3,11,13-14H2,1-2H3,(H2,25,26,30)/t15-/m1/s1. The zero-order chi connectivity index (χ0) is 25.2. The third-order valence-corrected chi connectivity index (χ3v) is 7.62. The summed E-state index contributed by atoms with van der Waals surface area (Å²) in [6, 6.07) is 12.1. The van der Waals surface area contributed by atoms with E-state index in [1.54, 1.807) is 19.1 Å². The molecule has 0 fully saturated rings. The Labute approximate surface area is 202 Å². The van der Waals surface area contributed by atoms with Gasteiger partial charge in [0.1, 0.15) is 6.61 Å². The number of ether oxygens (including phenoxy) is 2. The molecule has 2 aromatic rings. The van der Waals surface area contributed by atoms with Crippen LogP contribution in [0.25, 0.3) is 0 Å². The fraction of sp³-hybridized carbons (Fsp3) is 0.292. The quantitative estimate of drug-likeness (QED) is 0.558. The topological polar surface area (TPSA) is 131 Å². The molecule has 35 heavy (non-hydrogen) atoms. The van der Waals surface area contributed by atoms with Crippen LogP contribution in [0.1, 0.15) is 29.8 Å². The van der Waals surface area contributed by atoms with Crippen LogP contribution in [-0.2, 0) is 30.7 Å². The lowest BCUT2D eigenvalue weighted by molar-refractivity contribution is -0.138. The lowest BCUT2D eigenvalue weighted by Crippen LogP contribution is -2.45. The molecule has 0 aliphatic carbocycles. The Morgan fingerprint density at radius 1 is 1.09 bits per heavy atom. The first-order valence-corrected chi connectivity index (χ1v) is 12.5. The molecular weight excluding hydrogens is 474 g/mol. The Kier molecular flexibility index (Phi) is 6.79. The predicted molar refractivity (Wildman–Crippen MR) is 126 cm³/mol. The van der Waals surface area contributed by atoms with Gasteiger partial charge >= 0.3 is 18.0 Å². The van der Waals surface area contributed by atoms with E-state index >= 15 is 0 Å². The third kappa shape index (κ3) is 4.85. The molecule has 2 heterocycles. The lowest BCUT2D eigenvalue weighted by Gasteiger charge is -2.24. The van der Waals surface area contributed by atoms with E-state index in [9.17, 15) is 22.8 Å². The summed E-state index contributed by atoms with van der Waals surface area (Å²) in [5, 5.41) is 4.91. The second kappa shape index (κ2) is 9.79. The van der Waals surface area contributed by atoms with Crippen LogP contribution in [0.15, 0.2) is 64.7 Å². The van der Waals surface area contributed by atoms with Gasteiger partial charge in [0.2, 0.25) is 0 Å². The lowest BCUT2D eigenvalue weighted by atomic mass is 10.1. The molecule has 0 spiro atoms. The number of amides is 2. The highest BCUT2D eigenvalue weighted by atomic mass is 32.2. The van der Waals surface area contributed by atoms with Crippen LogP contribution in [0.4, 0.5) is 10.5 Å². The van der Waals surface area contributed by atoms with Crippen LogP contribution in [0, 0.1) is 0 Å².